The van der Waals surface area contributed by atoms with Crippen LogP contribution in [0, 0.1) is 0 Å². The number of nitrogens with one attached hydrogen (secondary N) is 1. The van der Waals surface area contributed by atoms with Crippen molar-refractivity contribution in [3.63, 3.8) is 0 Å². The van der Waals surface area contributed by atoms with E-state index >= 15 is 0 Å². The first-order valence-corrected chi connectivity index (χ1v) is 6.83. The molecule has 21 heavy (non-hydrogen) atoms. The van der Waals surface area contributed by atoms with Gasteiger partial charge in [-0.05, 0) is 30.4 Å². The summed E-state index contributed by atoms with van der Waals surface area (Å²) >= 11 is 0. The molecule has 1 aliphatic carbocycles. The Balaban J connectivity index is 1.66. The van der Waals surface area contributed by atoms with Crippen molar-refractivity contribution in [1.29, 1.82) is 0 Å². The van der Waals surface area contributed by atoms with Crippen LogP contribution in [0.25, 0.3) is 0 Å². The van der Waals surface area contributed by atoms with Crippen LogP contribution >= 0.6 is 0 Å². The van der Waals surface area contributed by atoms with Crippen LogP contribution in [0.1, 0.15) is 40.4 Å². The molecule has 1 aliphatic rings. The Morgan fingerprint density at radius 1 is 1.43 bits per heavy atom. The predicted molar refractivity (Wildman–Crippen MR) is 75.9 cm³/mol. The highest BCUT2D eigenvalue weighted by molar-refractivity contribution is 6.58. The number of aromatic nitrogens is 1. The molecular formula is C14H15BN2O4. The lowest BCUT2D eigenvalue weighted by Gasteiger charge is -2.06. The van der Waals surface area contributed by atoms with Crippen LogP contribution in [0.4, 0.5) is 0 Å². The molecule has 1 fully saturated rings. The van der Waals surface area contributed by atoms with Gasteiger partial charge in [0.25, 0.3) is 5.91 Å². The average Bonchev–Trinajstić information content (AvgIpc) is 3.23. The Kier molecular flexibility index (Phi) is 3.77. The van der Waals surface area contributed by atoms with Gasteiger partial charge in [-0.1, -0.05) is 17.3 Å². The normalized spacial score (nSPS) is 14.0. The third-order valence-electron chi connectivity index (χ3n) is 3.51. The van der Waals surface area contributed by atoms with Crippen LogP contribution in [0.2, 0.25) is 0 Å². The first-order chi connectivity index (χ1) is 10.1. The monoisotopic (exact) mass is 286 g/mol. The maximum atomic E-state index is 12.1. The van der Waals surface area contributed by atoms with Crippen LogP contribution in [-0.4, -0.2) is 28.2 Å². The summed E-state index contributed by atoms with van der Waals surface area (Å²) in [4.78, 5) is 12.1. The Labute approximate surface area is 121 Å². The molecule has 3 N–H and O–H groups in total. The molecule has 1 aromatic carbocycles. The second kappa shape index (κ2) is 5.71. The summed E-state index contributed by atoms with van der Waals surface area (Å²) in [6.45, 7) is 0.347. The molecule has 0 saturated heterocycles. The first kappa shape index (κ1) is 13.8. The Morgan fingerprint density at radius 3 is 2.95 bits per heavy atom. The number of nitrogens with zero attached hydrogens (tertiary/aromatic N) is 1. The van der Waals surface area contributed by atoms with Gasteiger partial charge >= 0.3 is 7.12 Å². The van der Waals surface area contributed by atoms with Crippen molar-refractivity contribution in [2.75, 3.05) is 0 Å². The van der Waals surface area contributed by atoms with Gasteiger partial charge in [0.05, 0.1) is 6.20 Å². The second-order valence-corrected chi connectivity index (χ2v) is 5.17. The molecule has 7 heteroatoms. The number of hydrogen-bond acceptors (Lipinski definition) is 5. The highest BCUT2D eigenvalue weighted by atomic mass is 16.5. The number of carbonyl (C=O) groups is 1. The second-order valence-electron chi connectivity index (χ2n) is 5.17. The molecule has 108 valence electrons. The van der Waals surface area contributed by atoms with E-state index in [1.807, 2.05) is 0 Å². The lowest BCUT2D eigenvalue weighted by Crippen LogP contribution is -2.31. The fourth-order valence-corrected chi connectivity index (χ4v) is 2.20. The van der Waals surface area contributed by atoms with E-state index in [4.69, 9.17) is 14.6 Å². The number of hydrogen-bond donors (Lipinski definition) is 3. The number of rotatable bonds is 5. The molecule has 3 rings (SSSR count). The lowest BCUT2D eigenvalue weighted by atomic mass is 9.79. The molecule has 0 atom stereocenters. The maximum absolute atomic E-state index is 12.1. The lowest BCUT2D eigenvalue weighted by molar-refractivity contribution is 0.0951. The van der Waals surface area contributed by atoms with E-state index in [9.17, 15) is 4.79 Å². The molecule has 1 amide bonds. The van der Waals surface area contributed by atoms with Gasteiger partial charge in [0, 0.05) is 23.6 Å². The van der Waals surface area contributed by atoms with E-state index in [1.54, 1.807) is 24.4 Å². The standard InChI is InChI=1S/C14H15BN2O4/c18-14(10-2-1-3-12(6-10)15(19)20)16-7-11-8-17-21-13(11)9-4-5-9/h1-3,6,8-9,19-20H,4-5,7H2,(H,16,18). The van der Waals surface area contributed by atoms with Gasteiger partial charge in [0.1, 0.15) is 5.76 Å². The van der Waals surface area contributed by atoms with E-state index in [0.717, 1.165) is 24.2 Å². The van der Waals surface area contributed by atoms with E-state index in [-0.39, 0.29) is 11.4 Å². The van der Waals surface area contributed by atoms with Crippen molar-refractivity contribution in [2.45, 2.75) is 25.3 Å². The molecule has 0 unspecified atom stereocenters. The van der Waals surface area contributed by atoms with Crippen molar-refractivity contribution in [1.82, 2.24) is 10.5 Å². The number of amides is 1. The molecule has 1 heterocycles. The molecule has 0 aliphatic heterocycles. The van der Waals surface area contributed by atoms with E-state index < -0.39 is 7.12 Å². The predicted octanol–water partition coefficient (Wildman–Crippen LogP) is 0.162. The quantitative estimate of drug-likeness (QED) is 0.681. The van der Waals surface area contributed by atoms with Gasteiger partial charge in [0.2, 0.25) is 0 Å². The van der Waals surface area contributed by atoms with Crippen molar-refractivity contribution >= 4 is 18.5 Å². The summed E-state index contributed by atoms with van der Waals surface area (Å²) in [5, 5.41) is 24.8. The van der Waals surface area contributed by atoms with Crippen molar-refractivity contribution in [3.8, 4) is 0 Å². The van der Waals surface area contributed by atoms with Crippen molar-refractivity contribution in [3.05, 3.63) is 47.3 Å². The van der Waals surface area contributed by atoms with E-state index in [0.29, 0.717) is 18.0 Å². The minimum absolute atomic E-state index is 0.277. The molecule has 1 aromatic heterocycles. The third-order valence-corrected chi connectivity index (χ3v) is 3.51. The van der Waals surface area contributed by atoms with Crippen LogP contribution in [0.5, 0.6) is 0 Å². The first-order valence-electron chi connectivity index (χ1n) is 6.83. The van der Waals surface area contributed by atoms with Crippen molar-refractivity contribution in [2.24, 2.45) is 0 Å². The SMILES string of the molecule is O=C(NCc1cnoc1C1CC1)c1cccc(B(O)O)c1. The fourth-order valence-electron chi connectivity index (χ4n) is 2.20. The van der Waals surface area contributed by atoms with Gasteiger partial charge in [-0.15, -0.1) is 0 Å². The minimum atomic E-state index is -1.59. The molecule has 0 spiro atoms. The maximum Gasteiger partial charge on any atom is 0.488 e. The van der Waals surface area contributed by atoms with E-state index in [1.165, 1.54) is 6.07 Å². The van der Waals surface area contributed by atoms with Crippen LogP contribution in [0.15, 0.2) is 35.0 Å². The summed E-state index contributed by atoms with van der Waals surface area (Å²) in [6, 6.07) is 6.23. The summed E-state index contributed by atoms with van der Waals surface area (Å²) in [5.74, 6) is 1.02. The van der Waals surface area contributed by atoms with Crippen LogP contribution < -0.4 is 10.8 Å². The van der Waals surface area contributed by atoms with Crippen molar-refractivity contribution < 1.29 is 19.4 Å². The summed E-state index contributed by atoms with van der Waals surface area (Å²) in [6.07, 6.45) is 3.83. The number of benzene rings is 1. The topological polar surface area (TPSA) is 95.6 Å². The third kappa shape index (κ3) is 3.14. The van der Waals surface area contributed by atoms with Gasteiger partial charge in [-0.2, -0.15) is 0 Å². The molecule has 0 radical (unpaired) electrons. The molecule has 6 nitrogen and oxygen atoms in total. The summed E-state index contributed by atoms with van der Waals surface area (Å²) in [5.41, 5.74) is 1.56. The van der Waals surface area contributed by atoms with Gasteiger partial charge < -0.3 is 19.9 Å². The van der Waals surface area contributed by atoms with Crippen LogP contribution in [-0.2, 0) is 6.54 Å². The van der Waals surface area contributed by atoms with Crippen LogP contribution in [0.3, 0.4) is 0 Å². The smallest absolute Gasteiger partial charge is 0.423 e. The highest BCUT2D eigenvalue weighted by Gasteiger charge is 2.30. The van der Waals surface area contributed by atoms with Gasteiger partial charge in [0.15, 0.2) is 0 Å². The Morgan fingerprint density at radius 2 is 2.24 bits per heavy atom. The summed E-state index contributed by atoms with van der Waals surface area (Å²) < 4.78 is 5.21. The van der Waals surface area contributed by atoms with Gasteiger partial charge in [-0.25, -0.2) is 0 Å². The minimum Gasteiger partial charge on any atom is -0.423 e. The fraction of sp³-hybridized carbons (Fsp3) is 0.286. The van der Waals surface area contributed by atoms with E-state index in [2.05, 4.69) is 10.5 Å². The zero-order valence-electron chi connectivity index (χ0n) is 11.3. The largest absolute Gasteiger partial charge is 0.488 e. The highest BCUT2D eigenvalue weighted by Crippen LogP contribution is 2.41. The molecular weight excluding hydrogens is 271 g/mol. The zero-order chi connectivity index (χ0) is 14.8. The average molecular weight is 286 g/mol. The molecule has 0 bridgehead atoms. The molecule has 2 aromatic rings. The Bertz CT molecular complexity index is 652. The van der Waals surface area contributed by atoms with Gasteiger partial charge in [-0.3, -0.25) is 4.79 Å². The Hall–Kier alpha value is -2.12. The molecule has 1 saturated carbocycles. The zero-order valence-corrected chi connectivity index (χ0v) is 11.3. The summed E-state index contributed by atoms with van der Waals surface area (Å²) in [7, 11) is -1.59. The number of carbonyl (C=O) groups excluding carboxylic acids is 1.